The van der Waals surface area contributed by atoms with Gasteiger partial charge in [0.15, 0.2) is 11.5 Å². The largest absolute Gasteiger partial charge is 0.504 e. The van der Waals surface area contributed by atoms with E-state index in [1.165, 1.54) is 0 Å². The summed E-state index contributed by atoms with van der Waals surface area (Å²) in [6.07, 6.45) is 1.67. The molecule has 2 N–H and O–H groups in total. The van der Waals surface area contributed by atoms with Crippen LogP contribution in [0, 0.1) is 0 Å². The smallest absolute Gasteiger partial charge is 0.165 e. The quantitative estimate of drug-likeness (QED) is 0.882. The van der Waals surface area contributed by atoms with E-state index in [2.05, 4.69) is 21.2 Å². The molecule has 0 aromatic heterocycles. The summed E-state index contributed by atoms with van der Waals surface area (Å²) in [5, 5.41) is 13.1. The van der Waals surface area contributed by atoms with E-state index in [0.29, 0.717) is 18.1 Å². The summed E-state index contributed by atoms with van der Waals surface area (Å²) >= 11 is 3.51. The molecule has 0 atom stereocenters. The summed E-state index contributed by atoms with van der Waals surface area (Å²) < 4.78 is 6.47. The Balaban J connectivity index is 2.36. The second kappa shape index (κ2) is 4.41. The second-order valence-electron chi connectivity index (χ2n) is 3.63. The van der Waals surface area contributed by atoms with Crippen LogP contribution in [0.25, 0.3) is 0 Å². The van der Waals surface area contributed by atoms with E-state index >= 15 is 0 Å². The summed E-state index contributed by atoms with van der Waals surface area (Å²) in [5.41, 5.74) is 2.01. The number of benzene rings is 1. The Kier molecular flexibility index (Phi) is 3.17. The molecule has 0 bridgehead atoms. The maximum atomic E-state index is 9.99. The number of ether oxygens (including phenoxy) is 1. The Labute approximate surface area is 97.6 Å². The van der Waals surface area contributed by atoms with Crippen molar-refractivity contribution in [1.82, 2.24) is 5.32 Å². The van der Waals surface area contributed by atoms with Gasteiger partial charge in [0, 0.05) is 22.0 Å². The molecule has 0 saturated heterocycles. The Morgan fingerprint density at radius 2 is 2.40 bits per heavy atom. The minimum absolute atomic E-state index is 0.306. The molecule has 82 valence electrons. The third-order valence-corrected chi connectivity index (χ3v) is 3.33. The number of hydrogen-bond donors (Lipinski definition) is 2. The molecule has 0 aliphatic carbocycles. The van der Waals surface area contributed by atoms with Crippen molar-refractivity contribution in [2.24, 2.45) is 0 Å². The first-order valence-electron chi connectivity index (χ1n) is 5.04. The van der Waals surface area contributed by atoms with Gasteiger partial charge in [0.1, 0.15) is 0 Å². The Morgan fingerprint density at radius 3 is 3.13 bits per heavy atom. The topological polar surface area (TPSA) is 41.5 Å². The molecule has 0 unspecified atom stereocenters. The number of fused-ring (bicyclic) bond motifs is 1. The van der Waals surface area contributed by atoms with Crippen LogP contribution in [0.2, 0.25) is 0 Å². The first kappa shape index (κ1) is 10.8. The number of rotatable bonds is 3. The van der Waals surface area contributed by atoms with Gasteiger partial charge in [-0.05, 0) is 26.1 Å². The van der Waals surface area contributed by atoms with Gasteiger partial charge in [-0.2, -0.15) is 0 Å². The maximum Gasteiger partial charge on any atom is 0.165 e. The summed E-state index contributed by atoms with van der Waals surface area (Å²) in [6, 6.07) is 1.99. The van der Waals surface area contributed by atoms with Crippen molar-refractivity contribution >= 4 is 15.9 Å². The molecule has 4 heteroatoms. The number of phenols is 1. The molecule has 2 rings (SSSR count). The van der Waals surface area contributed by atoms with Crippen LogP contribution in [0.5, 0.6) is 11.5 Å². The van der Waals surface area contributed by atoms with Crippen LogP contribution in [-0.4, -0.2) is 25.3 Å². The number of likely N-dealkylation sites (N-methyl/N-ethyl adjacent to an activating group) is 1. The monoisotopic (exact) mass is 271 g/mol. The highest BCUT2D eigenvalue weighted by Crippen LogP contribution is 2.42. The molecule has 0 spiro atoms. The standard InChI is InChI=1S/C11H14BrNO2/c1-13-4-2-7-6-9(12)8-3-5-15-11(8)10(7)14/h6,13-14H,2-5H2,1H3. The average Bonchev–Trinajstić information content (AvgIpc) is 2.70. The van der Waals surface area contributed by atoms with Crippen LogP contribution in [0.4, 0.5) is 0 Å². The van der Waals surface area contributed by atoms with E-state index in [1.54, 1.807) is 0 Å². The van der Waals surface area contributed by atoms with Gasteiger partial charge < -0.3 is 15.2 Å². The molecule has 1 aliphatic rings. The van der Waals surface area contributed by atoms with E-state index in [9.17, 15) is 5.11 Å². The molecule has 0 fully saturated rings. The molecule has 0 radical (unpaired) electrons. The summed E-state index contributed by atoms with van der Waals surface area (Å²) in [7, 11) is 1.90. The highest BCUT2D eigenvalue weighted by molar-refractivity contribution is 9.10. The minimum atomic E-state index is 0.306. The van der Waals surface area contributed by atoms with Gasteiger partial charge in [-0.3, -0.25) is 0 Å². The van der Waals surface area contributed by atoms with Crippen LogP contribution in [0.15, 0.2) is 10.5 Å². The van der Waals surface area contributed by atoms with Gasteiger partial charge in [-0.1, -0.05) is 15.9 Å². The lowest BCUT2D eigenvalue weighted by atomic mass is 10.1. The molecule has 3 nitrogen and oxygen atoms in total. The number of hydrogen-bond acceptors (Lipinski definition) is 3. The number of nitrogens with one attached hydrogen (secondary N) is 1. The lowest BCUT2D eigenvalue weighted by Gasteiger charge is -2.10. The summed E-state index contributed by atoms with van der Waals surface area (Å²) in [4.78, 5) is 0. The zero-order chi connectivity index (χ0) is 10.8. The fourth-order valence-electron chi connectivity index (χ4n) is 1.80. The van der Waals surface area contributed by atoms with Crippen molar-refractivity contribution in [3.8, 4) is 11.5 Å². The molecule has 0 saturated carbocycles. The zero-order valence-corrected chi connectivity index (χ0v) is 10.2. The molecular weight excluding hydrogens is 258 g/mol. The predicted molar refractivity (Wildman–Crippen MR) is 62.6 cm³/mol. The molecule has 15 heavy (non-hydrogen) atoms. The van der Waals surface area contributed by atoms with Crippen molar-refractivity contribution < 1.29 is 9.84 Å². The van der Waals surface area contributed by atoms with Crippen LogP contribution in [-0.2, 0) is 12.8 Å². The van der Waals surface area contributed by atoms with Crippen LogP contribution < -0.4 is 10.1 Å². The SMILES string of the molecule is CNCCc1cc(Br)c2c(c1O)OCC2. The van der Waals surface area contributed by atoms with E-state index < -0.39 is 0 Å². The fourth-order valence-corrected chi connectivity index (χ4v) is 2.45. The molecule has 0 amide bonds. The highest BCUT2D eigenvalue weighted by Gasteiger charge is 2.22. The van der Waals surface area contributed by atoms with Gasteiger partial charge >= 0.3 is 0 Å². The van der Waals surface area contributed by atoms with Gasteiger partial charge in [0.2, 0.25) is 0 Å². The van der Waals surface area contributed by atoms with E-state index in [-0.39, 0.29) is 0 Å². The van der Waals surface area contributed by atoms with Gasteiger partial charge in [-0.15, -0.1) is 0 Å². The van der Waals surface area contributed by atoms with Crippen LogP contribution in [0.1, 0.15) is 11.1 Å². The van der Waals surface area contributed by atoms with E-state index in [0.717, 1.165) is 35.0 Å². The van der Waals surface area contributed by atoms with E-state index in [4.69, 9.17) is 4.74 Å². The Hall–Kier alpha value is -0.740. The first-order chi connectivity index (χ1) is 7.24. The highest BCUT2D eigenvalue weighted by atomic mass is 79.9. The van der Waals surface area contributed by atoms with Crippen LogP contribution >= 0.6 is 15.9 Å². The number of phenolic OH excluding ortho intramolecular Hbond substituents is 1. The average molecular weight is 272 g/mol. The third-order valence-electron chi connectivity index (χ3n) is 2.63. The second-order valence-corrected chi connectivity index (χ2v) is 4.48. The van der Waals surface area contributed by atoms with Crippen molar-refractivity contribution in [2.45, 2.75) is 12.8 Å². The minimum Gasteiger partial charge on any atom is -0.504 e. The third kappa shape index (κ3) is 1.96. The maximum absolute atomic E-state index is 9.99. The van der Waals surface area contributed by atoms with Crippen molar-refractivity contribution in [1.29, 1.82) is 0 Å². The normalized spacial score (nSPS) is 13.7. The first-order valence-corrected chi connectivity index (χ1v) is 5.84. The van der Waals surface area contributed by atoms with E-state index in [1.807, 2.05) is 13.1 Å². The van der Waals surface area contributed by atoms with Crippen molar-refractivity contribution in [3.05, 3.63) is 21.7 Å². The van der Waals surface area contributed by atoms with Crippen LogP contribution in [0.3, 0.4) is 0 Å². The summed E-state index contributed by atoms with van der Waals surface area (Å²) in [6.45, 7) is 1.51. The molecular formula is C11H14BrNO2. The summed E-state index contributed by atoms with van der Waals surface area (Å²) in [5.74, 6) is 0.969. The van der Waals surface area contributed by atoms with Gasteiger partial charge in [0.25, 0.3) is 0 Å². The molecule has 1 aromatic carbocycles. The van der Waals surface area contributed by atoms with Crippen molar-refractivity contribution in [2.75, 3.05) is 20.2 Å². The van der Waals surface area contributed by atoms with Gasteiger partial charge in [-0.25, -0.2) is 0 Å². The predicted octanol–water partition coefficient (Wildman–Crippen LogP) is 1.85. The molecule has 1 aromatic rings. The Bertz CT molecular complexity index is 379. The molecule has 1 aliphatic heterocycles. The zero-order valence-electron chi connectivity index (χ0n) is 8.64. The lowest BCUT2D eigenvalue weighted by molar-refractivity contribution is 0.333. The van der Waals surface area contributed by atoms with Crippen molar-refractivity contribution in [3.63, 3.8) is 0 Å². The fraction of sp³-hybridized carbons (Fsp3) is 0.455. The Morgan fingerprint density at radius 1 is 1.60 bits per heavy atom. The number of halogens is 1. The molecule has 1 heterocycles. The van der Waals surface area contributed by atoms with Gasteiger partial charge in [0.05, 0.1) is 6.61 Å². The lowest BCUT2D eigenvalue weighted by Crippen LogP contribution is -2.10. The number of aromatic hydroxyl groups is 1.